The van der Waals surface area contributed by atoms with E-state index in [2.05, 4.69) is 39.0 Å². The second kappa shape index (κ2) is 5.77. The number of rotatable bonds is 6. The molecular weight excluding hydrogens is 222 g/mol. The van der Waals surface area contributed by atoms with Gasteiger partial charge in [-0.15, -0.1) is 11.3 Å². The molecule has 86 valence electrons. The molecule has 0 fully saturated rings. The van der Waals surface area contributed by atoms with Crippen LogP contribution in [0.15, 0.2) is 23.0 Å². The Morgan fingerprint density at radius 2 is 2.25 bits per heavy atom. The highest BCUT2D eigenvalue weighted by Crippen LogP contribution is 2.16. The summed E-state index contributed by atoms with van der Waals surface area (Å²) in [5, 5.41) is 7.12. The predicted molar refractivity (Wildman–Crippen MR) is 63.4 cm³/mol. The van der Waals surface area contributed by atoms with E-state index in [0.717, 1.165) is 31.8 Å². The zero-order chi connectivity index (χ0) is 11.2. The van der Waals surface area contributed by atoms with Crippen molar-refractivity contribution in [3.8, 4) is 0 Å². The quantitative estimate of drug-likeness (QED) is 0.781. The van der Waals surface area contributed by atoms with Crippen molar-refractivity contribution in [1.82, 2.24) is 15.5 Å². The molecule has 4 nitrogen and oxygen atoms in total. The van der Waals surface area contributed by atoms with Crippen molar-refractivity contribution in [1.29, 1.82) is 0 Å². The standard InChI is InChI=1S/C11H15N3OS/c1-2-9-3-4-10(16-9)7-12-6-5-11-13-8-15-14-11/h3-4,8,12H,2,5-7H2,1H3. The van der Waals surface area contributed by atoms with Gasteiger partial charge in [0.25, 0.3) is 0 Å². The SMILES string of the molecule is CCc1ccc(CNCCc2ncon2)s1. The Hall–Kier alpha value is -1.20. The van der Waals surface area contributed by atoms with Gasteiger partial charge in [0, 0.05) is 29.3 Å². The molecule has 0 aliphatic carbocycles. The fraction of sp³-hybridized carbons (Fsp3) is 0.455. The van der Waals surface area contributed by atoms with Crippen LogP contribution in [-0.2, 0) is 19.4 Å². The molecule has 0 aliphatic rings. The van der Waals surface area contributed by atoms with Gasteiger partial charge in [-0.3, -0.25) is 0 Å². The van der Waals surface area contributed by atoms with Gasteiger partial charge in [0.15, 0.2) is 5.82 Å². The molecule has 0 radical (unpaired) electrons. The van der Waals surface area contributed by atoms with Crippen LogP contribution in [0.2, 0.25) is 0 Å². The molecule has 0 aromatic carbocycles. The first kappa shape index (κ1) is 11.3. The summed E-state index contributed by atoms with van der Waals surface area (Å²) in [7, 11) is 0. The Morgan fingerprint density at radius 3 is 2.94 bits per heavy atom. The number of aryl methyl sites for hydroxylation is 1. The van der Waals surface area contributed by atoms with Crippen molar-refractivity contribution in [3.63, 3.8) is 0 Å². The van der Waals surface area contributed by atoms with Gasteiger partial charge in [0.05, 0.1) is 0 Å². The molecule has 0 saturated carbocycles. The summed E-state index contributed by atoms with van der Waals surface area (Å²) in [4.78, 5) is 6.78. The van der Waals surface area contributed by atoms with Crippen LogP contribution < -0.4 is 5.32 Å². The zero-order valence-electron chi connectivity index (χ0n) is 9.27. The second-order valence-corrected chi connectivity index (χ2v) is 4.75. The molecule has 0 amide bonds. The summed E-state index contributed by atoms with van der Waals surface area (Å²) in [5.41, 5.74) is 0. The van der Waals surface area contributed by atoms with Crippen molar-refractivity contribution < 1.29 is 4.52 Å². The summed E-state index contributed by atoms with van der Waals surface area (Å²) >= 11 is 1.87. The normalized spacial score (nSPS) is 10.8. The van der Waals surface area contributed by atoms with Crippen LogP contribution in [0.1, 0.15) is 22.5 Å². The number of aromatic nitrogens is 2. The van der Waals surface area contributed by atoms with Crippen LogP contribution >= 0.6 is 11.3 Å². The summed E-state index contributed by atoms with van der Waals surface area (Å²) in [5.74, 6) is 0.757. The molecule has 0 saturated heterocycles. The van der Waals surface area contributed by atoms with E-state index < -0.39 is 0 Å². The smallest absolute Gasteiger partial charge is 0.213 e. The third-order valence-electron chi connectivity index (χ3n) is 2.30. The minimum Gasteiger partial charge on any atom is -0.343 e. The van der Waals surface area contributed by atoms with Crippen LogP contribution in [-0.4, -0.2) is 16.7 Å². The van der Waals surface area contributed by atoms with Crippen LogP contribution in [0.4, 0.5) is 0 Å². The van der Waals surface area contributed by atoms with Crippen molar-refractivity contribution in [3.05, 3.63) is 34.1 Å². The summed E-state index contributed by atoms with van der Waals surface area (Å²) in [6.45, 7) is 3.97. The van der Waals surface area contributed by atoms with Crippen molar-refractivity contribution >= 4 is 11.3 Å². The lowest BCUT2D eigenvalue weighted by atomic mass is 10.3. The van der Waals surface area contributed by atoms with Gasteiger partial charge in [-0.2, -0.15) is 4.98 Å². The van der Waals surface area contributed by atoms with E-state index in [1.165, 1.54) is 16.1 Å². The van der Waals surface area contributed by atoms with Gasteiger partial charge in [-0.1, -0.05) is 12.1 Å². The third kappa shape index (κ3) is 3.15. The molecule has 0 spiro atoms. The molecule has 0 atom stereocenters. The van der Waals surface area contributed by atoms with Crippen molar-refractivity contribution in [2.24, 2.45) is 0 Å². The largest absolute Gasteiger partial charge is 0.343 e. The molecule has 2 rings (SSSR count). The predicted octanol–water partition coefficient (Wildman–Crippen LogP) is 2.03. The number of thiophene rings is 1. The van der Waals surface area contributed by atoms with E-state index >= 15 is 0 Å². The minimum absolute atomic E-state index is 0.757. The molecule has 0 bridgehead atoms. The van der Waals surface area contributed by atoms with Gasteiger partial charge in [-0.05, 0) is 18.6 Å². The number of nitrogens with one attached hydrogen (secondary N) is 1. The van der Waals surface area contributed by atoms with Crippen molar-refractivity contribution in [2.45, 2.75) is 26.3 Å². The Morgan fingerprint density at radius 1 is 1.38 bits per heavy atom. The number of hydrogen-bond donors (Lipinski definition) is 1. The highest BCUT2D eigenvalue weighted by atomic mass is 32.1. The van der Waals surface area contributed by atoms with E-state index in [1.54, 1.807) is 0 Å². The van der Waals surface area contributed by atoms with Crippen molar-refractivity contribution in [2.75, 3.05) is 6.54 Å². The topological polar surface area (TPSA) is 51.0 Å². The van der Waals surface area contributed by atoms with E-state index in [9.17, 15) is 0 Å². The highest BCUT2D eigenvalue weighted by Gasteiger charge is 2.00. The first-order valence-electron chi connectivity index (χ1n) is 5.42. The molecular formula is C11H15N3OS. The van der Waals surface area contributed by atoms with Gasteiger partial charge in [-0.25, -0.2) is 0 Å². The lowest BCUT2D eigenvalue weighted by Gasteiger charge is -1.99. The van der Waals surface area contributed by atoms with Crippen LogP contribution in [0, 0.1) is 0 Å². The fourth-order valence-electron chi connectivity index (χ4n) is 1.42. The number of hydrogen-bond acceptors (Lipinski definition) is 5. The minimum atomic E-state index is 0.757. The Kier molecular flexibility index (Phi) is 4.07. The molecule has 0 unspecified atom stereocenters. The van der Waals surface area contributed by atoms with E-state index in [-0.39, 0.29) is 0 Å². The third-order valence-corrected chi connectivity index (χ3v) is 3.53. The molecule has 0 aliphatic heterocycles. The van der Waals surface area contributed by atoms with Gasteiger partial charge < -0.3 is 9.84 Å². The van der Waals surface area contributed by atoms with Gasteiger partial charge >= 0.3 is 0 Å². The molecule has 5 heteroatoms. The molecule has 2 aromatic heterocycles. The average molecular weight is 237 g/mol. The summed E-state index contributed by atoms with van der Waals surface area (Å²) in [6, 6.07) is 4.38. The maximum absolute atomic E-state index is 4.66. The Bertz CT molecular complexity index is 411. The summed E-state index contributed by atoms with van der Waals surface area (Å²) in [6.07, 6.45) is 3.29. The maximum atomic E-state index is 4.66. The van der Waals surface area contributed by atoms with Gasteiger partial charge in [0.1, 0.15) is 0 Å². The second-order valence-electron chi connectivity index (χ2n) is 3.50. The Labute approximate surface area is 98.7 Å². The van der Waals surface area contributed by atoms with Gasteiger partial charge in [0.2, 0.25) is 6.39 Å². The highest BCUT2D eigenvalue weighted by molar-refractivity contribution is 7.11. The maximum Gasteiger partial charge on any atom is 0.213 e. The molecule has 1 N–H and O–H groups in total. The molecule has 2 heterocycles. The molecule has 2 aromatic rings. The first-order chi connectivity index (χ1) is 7.88. The van der Waals surface area contributed by atoms with E-state index in [4.69, 9.17) is 0 Å². The monoisotopic (exact) mass is 237 g/mol. The molecule has 16 heavy (non-hydrogen) atoms. The van der Waals surface area contributed by atoms with E-state index in [0.29, 0.717) is 0 Å². The summed E-state index contributed by atoms with van der Waals surface area (Å²) < 4.78 is 4.66. The van der Waals surface area contributed by atoms with Crippen LogP contribution in [0.25, 0.3) is 0 Å². The lowest BCUT2D eigenvalue weighted by molar-refractivity contribution is 0.409. The fourth-order valence-corrected chi connectivity index (χ4v) is 2.35. The number of nitrogens with zero attached hydrogens (tertiary/aromatic N) is 2. The lowest BCUT2D eigenvalue weighted by Crippen LogP contribution is -2.16. The zero-order valence-corrected chi connectivity index (χ0v) is 10.1. The van der Waals surface area contributed by atoms with E-state index in [1.807, 2.05) is 11.3 Å². The van der Waals surface area contributed by atoms with Crippen LogP contribution in [0.3, 0.4) is 0 Å². The Balaban J connectivity index is 1.68. The first-order valence-corrected chi connectivity index (χ1v) is 6.23. The average Bonchev–Trinajstić information content (AvgIpc) is 2.95. The van der Waals surface area contributed by atoms with Crippen LogP contribution in [0.5, 0.6) is 0 Å².